The minimum absolute atomic E-state index is 0.0102. The van der Waals surface area contributed by atoms with Crippen LogP contribution in [0.2, 0.25) is 0 Å². The van der Waals surface area contributed by atoms with Crippen molar-refractivity contribution in [3.8, 4) is 0 Å². The van der Waals surface area contributed by atoms with Crippen molar-refractivity contribution in [1.29, 1.82) is 0 Å². The molecule has 0 saturated carbocycles. The largest absolute Gasteiger partial charge is 0.460 e. The molecule has 0 spiro atoms. The van der Waals surface area contributed by atoms with Gasteiger partial charge in [0, 0.05) is 17.9 Å². The van der Waals surface area contributed by atoms with E-state index >= 15 is 0 Å². The number of Topliss-reactive ketones (excluding diaryl/α,β-unsaturated/α-hetero) is 1. The van der Waals surface area contributed by atoms with E-state index in [1.807, 2.05) is 97.1 Å². The fourth-order valence-corrected chi connectivity index (χ4v) is 4.13. The zero-order chi connectivity index (χ0) is 25.9. The van der Waals surface area contributed by atoms with Crippen molar-refractivity contribution in [2.45, 2.75) is 25.6 Å². The smallest absolute Gasteiger partial charge is 0.321 e. The maximum Gasteiger partial charge on any atom is 0.321 e. The Kier molecular flexibility index (Phi) is 8.97. The van der Waals surface area contributed by atoms with Crippen molar-refractivity contribution >= 4 is 17.7 Å². The summed E-state index contributed by atoms with van der Waals surface area (Å²) in [6, 6.07) is 36.4. The molecular weight excluding hydrogens is 464 g/mol. The van der Waals surface area contributed by atoms with Crippen LogP contribution in [0.15, 0.2) is 121 Å². The Hall–Kier alpha value is -4.51. The van der Waals surface area contributed by atoms with Gasteiger partial charge in [-0.25, -0.2) is 0 Å². The number of ether oxygens (including phenoxy) is 2. The molecule has 0 amide bonds. The third kappa shape index (κ3) is 7.24. The molecule has 0 unspecified atom stereocenters. The number of benzene rings is 4. The predicted molar refractivity (Wildman–Crippen MR) is 141 cm³/mol. The second kappa shape index (κ2) is 13.0. The highest BCUT2D eigenvalue weighted by Crippen LogP contribution is 2.32. The van der Waals surface area contributed by atoms with Crippen molar-refractivity contribution in [1.82, 2.24) is 0 Å². The molecule has 0 bridgehead atoms. The van der Waals surface area contributed by atoms with Crippen LogP contribution < -0.4 is 0 Å². The molecule has 0 fully saturated rings. The van der Waals surface area contributed by atoms with Gasteiger partial charge in [-0.15, -0.1) is 0 Å². The molecule has 0 heterocycles. The van der Waals surface area contributed by atoms with Crippen molar-refractivity contribution in [2.75, 3.05) is 0 Å². The molecule has 0 radical (unpaired) electrons. The average Bonchev–Trinajstić information content (AvgIpc) is 2.96. The van der Waals surface area contributed by atoms with Crippen LogP contribution in [0.3, 0.4) is 0 Å². The highest BCUT2D eigenvalue weighted by Gasteiger charge is 2.40. The minimum atomic E-state index is -1.32. The topological polar surface area (TPSA) is 69.7 Å². The Morgan fingerprint density at radius 3 is 1.41 bits per heavy atom. The first kappa shape index (κ1) is 25.6. The number of hydrogen-bond donors (Lipinski definition) is 0. The van der Waals surface area contributed by atoms with Gasteiger partial charge in [-0.2, -0.15) is 0 Å². The van der Waals surface area contributed by atoms with Gasteiger partial charge in [0.15, 0.2) is 11.7 Å². The fraction of sp³-hybridized carbons (Fsp3) is 0.156. The first-order valence-electron chi connectivity index (χ1n) is 12.2. The van der Waals surface area contributed by atoms with Crippen molar-refractivity contribution < 1.29 is 23.9 Å². The van der Waals surface area contributed by atoms with Gasteiger partial charge in [0.05, 0.1) is 0 Å². The lowest BCUT2D eigenvalue weighted by Gasteiger charge is -2.25. The molecule has 0 aliphatic heterocycles. The molecule has 0 aliphatic rings. The van der Waals surface area contributed by atoms with Gasteiger partial charge in [0.1, 0.15) is 13.2 Å². The Bertz CT molecular complexity index is 1230. The molecule has 186 valence electrons. The molecule has 1 atom stereocenters. The monoisotopic (exact) mass is 492 g/mol. The molecule has 37 heavy (non-hydrogen) atoms. The van der Waals surface area contributed by atoms with Crippen LogP contribution in [-0.4, -0.2) is 17.7 Å². The summed E-state index contributed by atoms with van der Waals surface area (Å²) in [5.41, 5.74) is 2.79. The first-order valence-corrected chi connectivity index (χ1v) is 12.2. The van der Waals surface area contributed by atoms with Gasteiger partial charge in [0.2, 0.25) is 0 Å². The molecule has 5 nitrogen and oxygen atoms in total. The summed E-state index contributed by atoms with van der Waals surface area (Å²) in [4.78, 5) is 40.2. The average molecular weight is 493 g/mol. The quantitative estimate of drug-likeness (QED) is 0.143. The molecule has 0 N–H and O–H groups in total. The summed E-state index contributed by atoms with van der Waals surface area (Å²) in [5, 5.41) is 0. The molecule has 0 aliphatic carbocycles. The maximum atomic E-state index is 13.5. The number of hydrogen-bond acceptors (Lipinski definition) is 5. The maximum absolute atomic E-state index is 13.5. The Morgan fingerprint density at radius 2 is 0.946 bits per heavy atom. The second-order valence-corrected chi connectivity index (χ2v) is 8.67. The Labute approximate surface area is 216 Å². The Balaban J connectivity index is 1.63. The summed E-state index contributed by atoms with van der Waals surface area (Å²) in [5.74, 6) is -3.71. The first-order chi connectivity index (χ1) is 18.1. The molecule has 5 heteroatoms. The van der Waals surface area contributed by atoms with Gasteiger partial charge in [0.25, 0.3) is 0 Å². The van der Waals surface area contributed by atoms with Crippen molar-refractivity contribution in [2.24, 2.45) is 5.92 Å². The number of carbonyl (C=O) groups excluding carboxylic acids is 3. The lowest BCUT2D eigenvalue weighted by Crippen LogP contribution is -2.34. The summed E-state index contributed by atoms with van der Waals surface area (Å²) in [6.45, 7) is 0.0204. The van der Waals surface area contributed by atoms with Crippen LogP contribution in [0.1, 0.15) is 39.4 Å². The van der Waals surface area contributed by atoms with Gasteiger partial charge >= 0.3 is 11.9 Å². The zero-order valence-corrected chi connectivity index (χ0v) is 20.4. The standard InChI is InChI=1S/C32H28O5/c33-29(27-19-11-4-12-20-27)21-28(26-17-9-3-10-18-26)30(31(34)36-22-24-13-5-1-6-14-24)32(35)37-23-25-15-7-2-8-16-25/h1-20,28,30H,21-23H2/t28-/m0/s1. The number of ketones is 1. The summed E-state index contributed by atoms with van der Waals surface area (Å²) in [6.07, 6.45) is -0.0560. The van der Waals surface area contributed by atoms with Crippen LogP contribution in [-0.2, 0) is 32.3 Å². The summed E-state index contributed by atoms with van der Waals surface area (Å²) < 4.78 is 11.2. The highest BCUT2D eigenvalue weighted by molar-refractivity contribution is 6.00. The third-order valence-corrected chi connectivity index (χ3v) is 6.09. The molecular formula is C32H28O5. The lowest BCUT2D eigenvalue weighted by atomic mass is 9.81. The number of esters is 2. The number of carbonyl (C=O) groups is 3. The van der Waals surface area contributed by atoms with Crippen LogP contribution in [0.25, 0.3) is 0 Å². The van der Waals surface area contributed by atoms with E-state index in [2.05, 4.69) is 0 Å². The van der Waals surface area contributed by atoms with E-state index in [4.69, 9.17) is 9.47 Å². The Morgan fingerprint density at radius 1 is 0.541 bits per heavy atom. The SMILES string of the molecule is O=C(C[C@@H](c1ccccc1)C(C(=O)OCc1ccccc1)C(=O)OCc1ccccc1)c1ccccc1. The lowest BCUT2D eigenvalue weighted by molar-refractivity contribution is -0.165. The van der Waals surface area contributed by atoms with Crippen LogP contribution >= 0.6 is 0 Å². The van der Waals surface area contributed by atoms with Crippen LogP contribution in [0, 0.1) is 5.92 Å². The zero-order valence-electron chi connectivity index (χ0n) is 20.4. The minimum Gasteiger partial charge on any atom is -0.460 e. The molecule has 4 aromatic carbocycles. The summed E-state index contributed by atoms with van der Waals surface area (Å²) in [7, 11) is 0. The van der Waals surface area contributed by atoms with Gasteiger partial charge in [-0.05, 0) is 16.7 Å². The van der Waals surface area contributed by atoms with Crippen molar-refractivity contribution in [3.63, 3.8) is 0 Å². The normalized spacial score (nSPS) is 11.5. The second-order valence-electron chi connectivity index (χ2n) is 8.67. The summed E-state index contributed by atoms with van der Waals surface area (Å²) >= 11 is 0. The van der Waals surface area contributed by atoms with E-state index in [9.17, 15) is 14.4 Å². The molecule has 4 aromatic rings. The fourth-order valence-electron chi connectivity index (χ4n) is 4.13. The third-order valence-electron chi connectivity index (χ3n) is 6.09. The van der Waals surface area contributed by atoms with Crippen LogP contribution in [0.4, 0.5) is 0 Å². The van der Waals surface area contributed by atoms with Gasteiger partial charge < -0.3 is 9.47 Å². The van der Waals surface area contributed by atoms with E-state index in [0.29, 0.717) is 11.1 Å². The van der Waals surface area contributed by atoms with E-state index in [-0.39, 0.29) is 25.4 Å². The van der Waals surface area contributed by atoms with E-state index in [1.54, 1.807) is 24.3 Å². The van der Waals surface area contributed by atoms with E-state index < -0.39 is 23.8 Å². The van der Waals surface area contributed by atoms with Crippen molar-refractivity contribution in [3.05, 3.63) is 144 Å². The highest BCUT2D eigenvalue weighted by atomic mass is 16.6. The van der Waals surface area contributed by atoms with Gasteiger partial charge in [-0.3, -0.25) is 14.4 Å². The van der Waals surface area contributed by atoms with E-state index in [1.165, 1.54) is 0 Å². The predicted octanol–water partition coefficient (Wildman–Crippen LogP) is 6.15. The van der Waals surface area contributed by atoms with Gasteiger partial charge in [-0.1, -0.05) is 121 Å². The molecule has 4 rings (SSSR count). The van der Waals surface area contributed by atoms with E-state index in [0.717, 1.165) is 11.1 Å². The molecule has 0 aromatic heterocycles. The molecule has 0 saturated heterocycles. The van der Waals surface area contributed by atoms with Crippen LogP contribution in [0.5, 0.6) is 0 Å². The number of rotatable bonds is 11.